The summed E-state index contributed by atoms with van der Waals surface area (Å²) in [7, 11) is 0. The molecule has 20 heavy (non-hydrogen) atoms. The molecule has 5 heteroatoms. The van der Waals surface area contributed by atoms with E-state index in [0.29, 0.717) is 5.92 Å². The van der Waals surface area contributed by atoms with Crippen LogP contribution >= 0.6 is 0 Å². The summed E-state index contributed by atoms with van der Waals surface area (Å²) in [6, 6.07) is 0. The van der Waals surface area contributed by atoms with E-state index in [9.17, 15) is 0 Å². The highest BCUT2D eigenvalue weighted by molar-refractivity contribution is 5.21. The van der Waals surface area contributed by atoms with Crippen molar-refractivity contribution in [3.63, 3.8) is 0 Å². The molecule has 5 nitrogen and oxygen atoms in total. The maximum atomic E-state index is 4.69. The topological polar surface area (TPSA) is 54.8 Å². The third kappa shape index (κ3) is 2.82. The summed E-state index contributed by atoms with van der Waals surface area (Å²) >= 11 is 0. The van der Waals surface area contributed by atoms with E-state index in [2.05, 4.69) is 38.7 Å². The van der Waals surface area contributed by atoms with Crippen molar-refractivity contribution in [3.8, 4) is 0 Å². The van der Waals surface area contributed by atoms with Crippen molar-refractivity contribution in [2.24, 2.45) is 0 Å². The van der Waals surface area contributed by atoms with Crippen LogP contribution in [0.4, 0.5) is 0 Å². The minimum atomic E-state index is 0.387. The van der Waals surface area contributed by atoms with Gasteiger partial charge in [0.15, 0.2) is 0 Å². The summed E-state index contributed by atoms with van der Waals surface area (Å²) in [5, 5.41) is 0. The molecular weight excluding hydrogens is 250 g/mol. The maximum Gasteiger partial charge on any atom is 0.131 e. The number of nitrogens with zero attached hydrogens (tertiary/aromatic N) is 5. The Balaban J connectivity index is 1.72. The highest BCUT2D eigenvalue weighted by Crippen LogP contribution is 2.19. The fourth-order valence-electron chi connectivity index (χ4n) is 2.44. The maximum absolute atomic E-state index is 4.69. The van der Waals surface area contributed by atoms with Gasteiger partial charge in [0.1, 0.15) is 5.82 Å². The summed E-state index contributed by atoms with van der Waals surface area (Å²) in [4.78, 5) is 20.0. The van der Waals surface area contributed by atoms with Crippen molar-refractivity contribution in [1.29, 1.82) is 0 Å². The minimum absolute atomic E-state index is 0.387. The predicted octanol–water partition coefficient (Wildman–Crippen LogP) is 1.95. The van der Waals surface area contributed by atoms with Gasteiger partial charge in [-0.25, -0.2) is 9.97 Å². The van der Waals surface area contributed by atoms with E-state index in [-0.39, 0.29) is 0 Å². The van der Waals surface area contributed by atoms with Crippen LogP contribution in [0.3, 0.4) is 0 Å². The van der Waals surface area contributed by atoms with Crippen LogP contribution < -0.4 is 0 Å². The Morgan fingerprint density at radius 1 is 1.20 bits per heavy atom. The molecule has 0 amide bonds. The molecule has 0 saturated heterocycles. The fourth-order valence-corrected chi connectivity index (χ4v) is 2.44. The van der Waals surface area contributed by atoms with Gasteiger partial charge < -0.3 is 0 Å². The third-order valence-electron chi connectivity index (χ3n) is 3.55. The first-order valence-corrected chi connectivity index (χ1v) is 7.04. The molecule has 1 aliphatic rings. The van der Waals surface area contributed by atoms with Gasteiger partial charge in [-0.05, 0) is 0 Å². The number of hydrogen-bond acceptors (Lipinski definition) is 5. The number of rotatable bonds is 3. The van der Waals surface area contributed by atoms with Gasteiger partial charge in [0.05, 0.1) is 5.69 Å². The Labute approximate surface area is 119 Å². The standard InChI is InChI=1S/C15H19N5/c1-11(2)15-18-7-12-9-20(6-3-14(12)19-15)10-13-8-16-4-5-17-13/h4-5,7-8,11H,3,6,9-10H2,1-2H3. The lowest BCUT2D eigenvalue weighted by atomic mass is 10.1. The monoisotopic (exact) mass is 269 g/mol. The third-order valence-corrected chi connectivity index (χ3v) is 3.55. The molecule has 2 aromatic heterocycles. The Morgan fingerprint density at radius 2 is 2.10 bits per heavy atom. The molecular formula is C15H19N5. The molecule has 104 valence electrons. The molecule has 0 atom stereocenters. The van der Waals surface area contributed by atoms with Crippen LogP contribution in [0.15, 0.2) is 24.8 Å². The zero-order valence-electron chi connectivity index (χ0n) is 12.0. The van der Waals surface area contributed by atoms with Crippen molar-refractivity contribution in [2.75, 3.05) is 6.54 Å². The van der Waals surface area contributed by atoms with Gasteiger partial charge in [0, 0.05) is 68.0 Å². The van der Waals surface area contributed by atoms with Crippen LogP contribution in [-0.4, -0.2) is 31.4 Å². The Kier molecular flexibility index (Phi) is 3.69. The summed E-state index contributed by atoms with van der Waals surface area (Å²) in [5.74, 6) is 1.34. The van der Waals surface area contributed by atoms with E-state index < -0.39 is 0 Å². The van der Waals surface area contributed by atoms with Gasteiger partial charge in [-0.2, -0.15) is 0 Å². The van der Waals surface area contributed by atoms with Crippen molar-refractivity contribution in [1.82, 2.24) is 24.8 Å². The first-order valence-electron chi connectivity index (χ1n) is 7.04. The zero-order chi connectivity index (χ0) is 13.9. The number of fused-ring (bicyclic) bond motifs is 1. The molecule has 3 heterocycles. The average Bonchev–Trinajstić information content (AvgIpc) is 2.47. The van der Waals surface area contributed by atoms with Gasteiger partial charge in [-0.1, -0.05) is 13.8 Å². The van der Waals surface area contributed by atoms with Crippen LogP contribution in [0.1, 0.15) is 42.5 Å². The lowest BCUT2D eigenvalue weighted by Gasteiger charge is -2.27. The van der Waals surface area contributed by atoms with Crippen LogP contribution in [-0.2, 0) is 19.5 Å². The molecule has 0 fully saturated rings. The second-order valence-electron chi connectivity index (χ2n) is 5.51. The number of aromatic nitrogens is 4. The summed E-state index contributed by atoms with van der Waals surface area (Å²) in [6.07, 6.45) is 8.24. The first-order chi connectivity index (χ1) is 9.72. The van der Waals surface area contributed by atoms with E-state index in [1.165, 1.54) is 11.3 Å². The molecule has 0 radical (unpaired) electrons. The zero-order valence-corrected chi connectivity index (χ0v) is 12.0. The van der Waals surface area contributed by atoms with Gasteiger partial charge in [-0.15, -0.1) is 0 Å². The molecule has 0 spiro atoms. The second kappa shape index (κ2) is 5.63. The lowest BCUT2D eigenvalue weighted by Crippen LogP contribution is -2.31. The van der Waals surface area contributed by atoms with Gasteiger partial charge >= 0.3 is 0 Å². The summed E-state index contributed by atoms with van der Waals surface area (Å²) in [6.45, 7) is 7.00. The van der Waals surface area contributed by atoms with Crippen LogP contribution in [0.25, 0.3) is 0 Å². The van der Waals surface area contributed by atoms with E-state index in [4.69, 9.17) is 0 Å². The largest absolute Gasteiger partial charge is 0.293 e. The molecule has 0 saturated carbocycles. The quantitative estimate of drug-likeness (QED) is 0.852. The lowest BCUT2D eigenvalue weighted by molar-refractivity contribution is 0.239. The van der Waals surface area contributed by atoms with E-state index in [1.807, 2.05) is 12.4 Å². The SMILES string of the molecule is CC(C)c1ncc2c(n1)CCN(Cc1cnccn1)C2. The van der Waals surface area contributed by atoms with E-state index in [0.717, 1.165) is 37.6 Å². The molecule has 0 unspecified atom stereocenters. The molecule has 0 bridgehead atoms. The Hall–Kier alpha value is -1.88. The molecule has 0 aromatic carbocycles. The summed E-state index contributed by atoms with van der Waals surface area (Å²) in [5.41, 5.74) is 3.46. The Morgan fingerprint density at radius 3 is 2.85 bits per heavy atom. The first kappa shape index (κ1) is 13.1. The highest BCUT2D eigenvalue weighted by Gasteiger charge is 2.19. The minimum Gasteiger partial charge on any atom is -0.293 e. The highest BCUT2D eigenvalue weighted by atomic mass is 15.1. The van der Waals surface area contributed by atoms with Crippen molar-refractivity contribution >= 4 is 0 Å². The van der Waals surface area contributed by atoms with Gasteiger partial charge in [0.2, 0.25) is 0 Å². The van der Waals surface area contributed by atoms with Gasteiger partial charge in [0.25, 0.3) is 0 Å². The van der Waals surface area contributed by atoms with E-state index in [1.54, 1.807) is 12.4 Å². The van der Waals surface area contributed by atoms with Crippen LogP contribution in [0, 0.1) is 0 Å². The molecule has 3 rings (SSSR count). The fraction of sp³-hybridized carbons (Fsp3) is 0.467. The Bertz CT molecular complexity index is 582. The van der Waals surface area contributed by atoms with Gasteiger partial charge in [-0.3, -0.25) is 14.9 Å². The van der Waals surface area contributed by atoms with Crippen molar-refractivity contribution < 1.29 is 0 Å². The van der Waals surface area contributed by atoms with Crippen LogP contribution in [0.5, 0.6) is 0 Å². The molecule has 0 N–H and O–H groups in total. The second-order valence-corrected chi connectivity index (χ2v) is 5.51. The predicted molar refractivity (Wildman–Crippen MR) is 76.0 cm³/mol. The van der Waals surface area contributed by atoms with Crippen molar-refractivity contribution in [3.05, 3.63) is 47.6 Å². The summed E-state index contributed by atoms with van der Waals surface area (Å²) < 4.78 is 0. The van der Waals surface area contributed by atoms with E-state index >= 15 is 0 Å². The van der Waals surface area contributed by atoms with Crippen LogP contribution in [0.2, 0.25) is 0 Å². The number of hydrogen-bond donors (Lipinski definition) is 0. The smallest absolute Gasteiger partial charge is 0.131 e. The van der Waals surface area contributed by atoms with Crippen molar-refractivity contribution in [2.45, 2.75) is 39.3 Å². The molecule has 2 aromatic rings. The average molecular weight is 269 g/mol. The molecule has 1 aliphatic heterocycles. The molecule has 0 aliphatic carbocycles. The normalized spacial score (nSPS) is 15.3.